The molecule has 1 N–H and O–H groups in total. The molecule has 4 heteroatoms. The zero-order chi connectivity index (χ0) is 14.5. The second-order valence-electron chi connectivity index (χ2n) is 5.41. The molecule has 0 radical (unpaired) electrons. The average Bonchev–Trinajstić information content (AvgIpc) is 3.29. The Kier molecular flexibility index (Phi) is 5.01. The van der Waals surface area contributed by atoms with Crippen LogP contribution in [0.5, 0.6) is 5.75 Å². The molecule has 0 saturated heterocycles. The molecule has 2 rings (SSSR count). The van der Waals surface area contributed by atoms with Crippen LogP contribution in [-0.4, -0.2) is 43.1 Å². The summed E-state index contributed by atoms with van der Waals surface area (Å²) < 4.78 is 5.37. The summed E-state index contributed by atoms with van der Waals surface area (Å²) in [6.07, 6.45) is 2.57. The minimum atomic E-state index is -0.0240. The van der Waals surface area contributed by atoms with Gasteiger partial charge in [0.25, 0.3) is 5.91 Å². The Labute approximate surface area is 121 Å². The van der Waals surface area contributed by atoms with E-state index in [0.29, 0.717) is 30.8 Å². The maximum Gasteiger partial charge on any atom is 0.251 e. The molecule has 0 spiro atoms. The third kappa shape index (κ3) is 3.97. The predicted molar refractivity (Wildman–Crippen MR) is 80.2 cm³/mol. The highest BCUT2D eigenvalue weighted by atomic mass is 16.5. The average molecular weight is 276 g/mol. The van der Waals surface area contributed by atoms with Gasteiger partial charge in [-0.15, -0.1) is 0 Å². The van der Waals surface area contributed by atoms with Crippen molar-refractivity contribution in [2.45, 2.75) is 38.8 Å². The first kappa shape index (κ1) is 14.9. The van der Waals surface area contributed by atoms with Crippen molar-refractivity contribution in [1.82, 2.24) is 10.2 Å². The van der Waals surface area contributed by atoms with E-state index in [1.807, 2.05) is 19.1 Å². The second-order valence-corrected chi connectivity index (χ2v) is 5.41. The molecule has 1 saturated carbocycles. The lowest BCUT2D eigenvalue weighted by atomic mass is 10.2. The van der Waals surface area contributed by atoms with Crippen molar-refractivity contribution in [3.63, 3.8) is 0 Å². The quantitative estimate of drug-likeness (QED) is 0.831. The summed E-state index contributed by atoms with van der Waals surface area (Å²) in [5.41, 5.74) is 0.676. The maximum atomic E-state index is 12.1. The van der Waals surface area contributed by atoms with Crippen molar-refractivity contribution in [2.75, 3.05) is 20.2 Å². The van der Waals surface area contributed by atoms with Gasteiger partial charge in [-0.25, -0.2) is 0 Å². The van der Waals surface area contributed by atoms with Gasteiger partial charge in [-0.1, -0.05) is 0 Å². The smallest absolute Gasteiger partial charge is 0.251 e. The topological polar surface area (TPSA) is 41.6 Å². The second kappa shape index (κ2) is 6.75. The van der Waals surface area contributed by atoms with Gasteiger partial charge >= 0.3 is 0 Å². The van der Waals surface area contributed by atoms with E-state index < -0.39 is 0 Å². The number of hydrogen-bond acceptors (Lipinski definition) is 3. The number of likely N-dealkylation sites (N-methyl/N-ethyl adjacent to an activating group) is 1. The van der Waals surface area contributed by atoms with E-state index in [2.05, 4.69) is 24.2 Å². The summed E-state index contributed by atoms with van der Waals surface area (Å²) in [5, 5.41) is 2.99. The fraction of sp³-hybridized carbons (Fsp3) is 0.562. The Balaban J connectivity index is 1.81. The highest BCUT2D eigenvalue weighted by molar-refractivity contribution is 5.94. The molecule has 1 fully saturated rings. The zero-order valence-corrected chi connectivity index (χ0v) is 12.6. The van der Waals surface area contributed by atoms with Crippen LogP contribution in [0.1, 0.15) is 37.0 Å². The standard InChI is InChI=1S/C16H24N2O2/c1-4-20-15-9-5-13(6-10-15)16(19)17-11-12(2)18(3)14-7-8-14/h5-6,9-10,12,14H,4,7-8,11H2,1-3H3,(H,17,19)/t12-/m1/s1. The third-order valence-corrected chi connectivity index (χ3v) is 3.80. The first-order chi connectivity index (χ1) is 9.61. The fourth-order valence-electron chi connectivity index (χ4n) is 2.20. The lowest BCUT2D eigenvalue weighted by Gasteiger charge is -2.24. The van der Waals surface area contributed by atoms with Gasteiger partial charge in [0.2, 0.25) is 0 Å². The molecule has 1 atom stereocenters. The first-order valence-corrected chi connectivity index (χ1v) is 7.34. The first-order valence-electron chi connectivity index (χ1n) is 7.34. The SMILES string of the molecule is CCOc1ccc(C(=O)NC[C@@H](C)N(C)C2CC2)cc1. The molecule has 20 heavy (non-hydrogen) atoms. The number of nitrogens with one attached hydrogen (secondary N) is 1. The summed E-state index contributed by atoms with van der Waals surface area (Å²) in [7, 11) is 2.13. The Bertz CT molecular complexity index is 440. The van der Waals surface area contributed by atoms with E-state index in [-0.39, 0.29) is 5.91 Å². The number of hydrogen-bond donors (Lipinski definition) is 1. The predicted octanol–water partition coefficient (Wildman–Crippen LogP) is 2.30. The van der Waals surface area contributed by atoms with Gasteiger partial charge in [0.05, 0.1) is 6.61 Å². The number of carbonyl (C=O) groups excluding carboxylic acids is 1. The molecule has 0 heterocycles. The van der Waals surface area contributed by atoms with Crippen molar-refractivity contribution in [3.05, 3.63) is 29.8 Å². The summed E-state index contributed by atoms with van der Waals surface area (Å²) in [6, 6.07) is 8.35. The molecule has 0 bridgehead atoms. The van der Waals surface area contributed by atoms with Gasteiger partial charge in [-0.2, -0.15) is 0 Å². The van der Waals surface area contributed by atoms with Crippen LogP contribution >= 0.6 is 0 Å². The number of carbonyl (C=O) groups is 1. The van der Waals surface area contributed by atoms with Gasteiger partial charge in [-0.05, 0) is 58.0 Å². The normalized spacial score (nSPS) is 16.0. The van der Waals surface area contributed by atoms with E-state index in [0.717, 1.165) is 5.75 Å². The van der Waals surface area contributed by atoms with E-state index in [9.17, 15) is 4.79 Å². The summed E-state index contributed by atoms with van der Waals surface area (Å²) in [6.45, 7) is 5.41. The van der Waals surface area contributed by atoms with Crippen LogP contribution in [0.15, 0.2) is 24.3 Å². The molecule has 1 aromatic rings. The van der Waals surface area contributed by atoms with Crippen LogP contribution in [0.2, 0.25) is 0 Å². The van der Waals surface area contributed by atoms with Crippen molar-refractivity contribution in [3.8, 4) is 5.75 Å². The summed E-state index contributed by atoms with van der Waals surface area (Å²) >= 11 is 0. The molecule has 4 nitrogen and oxygen atoms in total. The van der Waals surface area contributed by atoms with Crippen LogP contribution in [0.4, 0.5) is 0 Å². The molecule has 1 aromatic carbocycles. The largest absolute Gasteiger partial charge is 0.494 e. The van der Waals surface area contributed by atoms with Gasteiger partial charge in [-0.3, -0.25) is 9.69 Å². The van der Waals surface area contributed by atoms with Crippen LogP contribution in [0.3, 0.4) is 0 Å². The lowest BCUT2D eigenvalue weighted by Crippen LogP contribution is -2.41. The number of nitrogens with zero attached hydrogens (tertiary/aromatic N) is 1. The van der Waals surface area contributed by atoms with E-state index in [1.54, 1.807) is 12.1 Å². The van der Waals surface area contributed by atoms with Gasteiger partial charge in [0.15, 0.2) is 0 Å². The number of benzene rings is 1. The van der Waals surface area contributed by atoms with Crippen LogP contribution in [0.25, 0.3) is 0 Å². The van der Waals surface area contributed by atoms with E-state index in [1.165, 1.54) is 12.8 Å². The van der Waals surface area contributed by atoms with Crippen molar-refractivity contribution in [1.29, 1.82) is 0 Å². The fourth-order valence-corrected chi connectivity index (χ4v) is 2.20. The third-order valence-electron chi connectivity index (χ3n) is 3.80. The van der Waals surface area contributed by atoms with Gasteiger partial charge < -0.3 is 10.1 Å². The summed E-state index contributed by atoms with van der Waals surface area (Å²) in [5.74, 6) is 0.773. The number of rotatable bonds is 7. The van der Waals surface area contributed by atoms with Crippen molar-refractivity contribution < 1.29 is 9.53 Å². The summed E-state index contributed by atoms with van der Waals surface area (Å²) in [4.78, 5) is 14.4. The number of amides is 1. The molecular weight excluding hydrogens is 252 g/mol. The monoisotopic (exact) mass is 276 g/mol. The Morgan fingerprint density at radius 3 is 2.60 bits per heavy atom. The van der Waals surface area contributed by atoms with Crippen molar-refractivity contribution >= 4 is 5.91 Å². The van der Waals surface area contributed by atoms with Gasteiger partial charge in [0, 0.05) is 24.2 Å². The minimum Gasteiger partial charge on any atom is -0.494 e. The van der Waals surface area contributed by atoms with Gasteiger partial charge in [0.1, 0.15) is 5.75 Å². The van der Waals surface area contributed by atoms with E-state index >= 15 is 0 Å². The highest BCUT2D eigenvalue weighted by Gasteiger charge is 2.29. The molecule has 1 aliphatic rings. The number of ether oxygens (including phenoxy) is 1. The Hall–Kier alpha value is -1.55. The van der Waals surface area contributed by atoms with Crippen LogP contribution in [0, 0.1) is 0 Å². The molecule has 0 unspecified atom stereocenters. The lowest BCUT2D eigenvalue weighted by molar-refractivity contribution is 0.0939. The zero-order valence-electron chi connectivity index (χ0n) is 12.6. The van der Waals surface area contributed by atoms with Crippen molar-refractivity contribution in [2.24, 2.45) is 0 Å². The van der Waals surface area contributed by atoms with E-state index in [4.69, 9.17) is 4.74 Å². The Morgan fingerprint density at radius 2 is 2.05 bits per heavy atom. The molecule has 110 valence electrons. The molecule has 1 aliphatic carbocycles. The maximum absolute atomic E-state index is 12.1. The molecule has 1 amide bonds. The Morgan fingerprint density at radius 1 is 1.40 bits per heavy atom. The molecule has 0 aliphatic heterocycles. The van der Waals surface area contributed by atoms with Crippen LogP contribution in [-0.2, 0) is 0 Å². The minimum absolute atomic E-state index is 0.0240. The molecular formula is C16H24N2O2. The van der Waals surface area contributed by atoms with Crippen LogP contribution < -0.4 is 10.1 Å². The molecule has 0 aromatic heterocycles. The highest BCUT2D eigenvalue weighted by Crippen LogP contribution is 2.26.